The van der Waals surface area contributed by atoms with Gasteiger partial charge in [0.05, 0.1) is 11.5 Å². The summed E-state index contributed by atoms with van der Waals surface area (Å²) in [6.45, 7) is 4.69. The van der Waals surface area contributed by atoms with Gasteiger partial charge in [-0.25, -0.2) is 0 Å². The summed E-state index contributed by atoms with van der Waals surface area (Å²) in [7, 11) is 0. The minimum Gasteiger partial charge on any atom is -0.494 e. The Labute approximate surface area is 225 Å². The van der Waals surface area contributed by atoms with Gasteiger partial charge < -0.3 is 10.1 Å². The van der Waals surface area contributed by atoms with Gasteiger partial charge in [0.2, 0.25) is 11.6 Å². The zero-order chi connectivity index (χ0) is 26.5. The molecule has 1 aliphatic carbocycles. The summed E-state index contributed by atoms with van der Waals surface area (Å²) in [4.78, 5) is 40.2. The van der Waals surface area contributed by atoms with Crippen LogP contribution in [0.2, 0.25) is 0 Å². The van der Waals surface area contributed by atoms with Crippen molar-refractivity contribution < 1.29 is 19.1 Å². The minimum absolute atomic E-state index is 0.0605. The maximum Gasteiger partial charge on any atom is 0.260 e. The van der Waals surface area contributed by atoms with Crippen LogP contribution in [0.3, 0.4) is 0 Å². The highest BCUT2D eigenvalue weighted by atomic mass is 32.2. The highest BCUT2D eigenvalue weighted by Crippen LogP contribution is 2.34. The molecule has 0 saturated carbocycles. The maximum atomic E-state index is 13.3. The lowest BCUT2D eigenvalue weighted by Gasteiger charge is -2.20. The molecule has 0 bridgehead atoms. The van der Waals surface area contributed by atoms with Crippen molar-refractivity contribution in [2.45, 2.75) is 78.1 Å². The van der Waals surface area contributed by atoms with E-state index in [-0.39, 0.29) is 21.8 Å². The second-order valence-electron chi connectivity index (χ2n) is 9.35. The minimum atomic E-state index is -0.553. The molecule has 0 fully saturated rings. The molecule has 6 heteroatoms. The molecular weight excluding hydrogens is 482 g/mol. The fourth-order valence-electron chi connectivity index (χ4n) is 4.46. The number of unbranched alkanes of at least 4 members (excludes halogenated alkanes) is 9. The van der Waals surface area contributed by atoms with E-state index in [4.69, 9.17) is 4.74 Å². The topological polar surface area (TPSA) is 72.5 Å². The van der Waals surface area contributed by atoms with Crippen LogP contribution in [0, 0.1) is 0 Å². The Kier molecular flexibility index (Phi) is 12.0. The van der Waals surface area contributed by atoms with Crippen LogP contribution < -0.4 is 10.1 Å². The van der Waals surface area contributed by atoms with Crippen molar-refractivity contribution >= 4 is 34.9 Å². The lowest BCUT2D eigenvalue weighted by atomic mass is 9.89. The predicted octanol–water partition coefficient (Wildman–Crippen LogP) is 8.01. The monoisotopic (exact) mass is 521 g/mol. The molecule has 0 saturated heterocycles. The smallest absolute Gasteiger partial charge is 0.260 e. The van der Waals surface area contributed by atoms with Gasteiger partial charge in [0.25, 0.3) is 5.91 Å². The van der Waals surface area contributed by atoms with Crippen molar-refractivity contribution in [3.8, 4) is 5.75 Å². The lowest BCUT2D eigenvalue weighted by molar-refractivity contribution is -0.112. The number of nitrogens with one attached hydrogen (secondary N) is 1. The summed E-state index contributed by atoms with van der Waals surface area (Å²) in [6, 6.07) is 13.7. The fraction of sp³-hybridized carbons (Fsp3) is 0.452. The molecule has 0 aromatic heterocycles. The van der Waals surface area contributed by atoms with E-state index in [1.807, 2.05) is 6.92 Å². The second kappa shape index (κ2) is 15.4. The van der Waals surface area contributed by atoms with Crippen molar-refractivity contribution in [2.24, 2.45) is 0 Å². The van der Waals surface area contributed by atoms with Crippen LogP contribution in [0.1, 0.15) is 98.8 Å². The molecule has 2 aromatic rings. The standard InChI is InChI=1S/C31H39NO4S/c1-3-5-6-7-8-9-10-11-12-15-22-37-30-27(28(33)25-16-13-14-17-26(25)29(30)34)31(35)32-23-18-20-24(21-19-23)36-4-2/h13-14,16-21H,3-12,15,22H2,1-2H3,(H,32,35). The normalized spacial score (nSPS) is 13.0. The average molecular weight is 522 g/mol. The number of amides is 1. The van der Waals surface area contributed by atoms with E-state index in [2.05, 4.69) is 12.2 Å². The number of ketones is 2. The summed E-state index contributed by atoms with van der Waals surface area (Å²) in [5.74, 6) is 0.202. The Hall–Kier alpha value is -2.86. The lowest BCUT2D eigenvalue weighted by Crippen LogP contribution is -2.29. The molecular formula is C31H39NO4S. The molecule has 3 rings (SSSR count). The maximum absolute atomic E-state index is 13.3. The van der Waals surface area contributed by atoms with E-state index in [1.165, 1.54) is 63.1 Å². The third-order valence-electron chi connectivity index (χ3n) is 6.47. The number of benzene rings is 2. The van der Waals surface area contributed by atoms with E-state index >= 15 is 0 Å². The van der Waals surface area contributed by atoms with E-state index in [0.717, 1.165) is 12.8 Å². The van der Waals surface area contributed by atoms with Crippen LogP contribution in [0.5, 0.6) is 5.75 Å². The molecule has 1 amide bonds. The Morgan fingerprint density at radius 1 is 0.757 bits per heavy atom. The Bertz CT molecular complexity index is 1090. The van der Waals surface area contributed by atoms with Gasteiger partial charge in [0.1, 0.15) is 11.3 Å². The number of allylic oxidation sites excluding steroid dienone is 1. The molecule has 0 unspecified atom stereocenters. The van der Waals surface area contributed by atoms with Crippen LogP contribution in [-0.2, 0) is 4.79 Å². The number of Topliss-reactive ketones (excluding diaryl/α,β-unsaturated/α-hetero) is 2. The van der Waals surface area contributed by atoms with Crippen LogP contribution in [-0.4, -0.2) is 29.8 Å². The number of fused-ring (bicyclic) bond motifs is 1. The quantitative estimate of drug-likeness (QED) is 0.179. The number of rotatable bonds is 16. The number of carbonyl (C=O) groups is 3. The number of ether oxygens (including phenoxy) is 1. The highest BCUT2D eigenvalue weighted by molar-refractivity contribution is 8.04. The van der Waals surface area contributed by atoms with Crippen LogP contribution in [0.4, 0.5) is 5.69 Å². The predicted molar refractivity (Wildman–Crippen MR) is 153 cm³/mol. The van der Waals surface area contributed by atoms with Gasteiger partial charge in [-0.15, -0.1) is 11.8 Å². The molecule has 0 atom stereocenters. The molecule has 198 valence electrons. The SMILES string of the molecule is CCCCCCCCCCCCSC1=C(C(=O)Nc2ccc(OCC)cc2)C(=O)c2ccccc2C1=O. The summed E-state index contributed by atoms with van der Waals surface area (Å²) in [5.41, 5.74) is 1.14. The largest absolute Gasteiger partial charge is 0.494 e. The Morgan fingerprint density at radius 2 is 1.32 bits per heavy atom. The van der Waals surface area contributed by atoms with Crippen molar-refractivity contribution in [3.05, 3.63) is 70.1 Å². The zero-order valence-corrected chi connectivity index (χ0v) is 23.0. The van der Waals surface area contributed by atoms with E-state index in [1.54, 1.807) is 48.5 Å². The molecule has 0 spiro atoms. The summed E-state index contributed by atoms with van der Waals surface area (Å²) >= 11 is 1.33. The summed E-state index contributed by atoms with van der Waals surface area (Å²) < 4.78 is 5.45. The Morgan fingerprint density at radius 3 is 1.92 bits per heavy atom. The van der Waals surface area contributed by atoms with Crippen LogP contribution in [0.15, 0.2) is 59.0 Å². The summed E-state index contributed by atoms with van der Waals surface area (Å²) in [6.07, 6.45) is 12.3. The first kappa shape index (κ1) is 28.7. The summed E-state index contributed by atoms with van der Waals surface area (Å²) in [5, 5.41) is 2.80. The highest BCUT2D eigenvalue weighted by Gasteiger charge is 2.35. The van der Waals surface area contributed by atoms with E-state index in [0.29, 0.717) is 29.4 Å². The molecule has 2 aromatic carbocycles. The van der Waals surface area contributed by atoms with Gasteiger partial charge in [0, 0.05) is 16.8 Å². The van der Waals surface area contributed by atoms with E-state index < -0.39 is 11.7 Å². The first-order valence-corrected chi connectivity index (χ1v) is 14.6. The van der Waals surface area contributed by atoms with Crippen LogP contribution >= 0.6 is 11.8 Å². The molecule has 0 aliphatic heterocycles. The van der Waals surface area contributed by atoms with Crippen molar-refractivity contribution in [1.82, 2.24) is 0 Å². The van der Waals surface area contributed by atoms with E-state index in [9.17, 15) is 14.4 Å². The molecule has 5 nitrogen and oxygen atoms in total. The number of hydrogen-bond donors (Lipinski definition) is 1. The third-order valence-corrected chi connectivity index (χ3v) is 7.64. The average Bonchev–Trinajstić information content (AvgIpc) is 2.91. The Balaban J connectivity index is 1.62. The second-order valence-corrected chi connectivity index (χ2v) is 10.5. The number of carbonyl (C=O) groups excluding carboxylic acids is 3. The van der Waals surface area contributed by atoms with Gasteiger partial charge in [0.15, 0.2) is 0 Å². The molecule has 0 radical (unpaired) electrons. The number of hydrogen-bond acceptors (Lipinski definition) is 5. The van der Waals surface area contributed by atoms with Gasteiger partial charge in [-0.2, -0.15) is 0 Å². The molecule has 1 aliphatic rings. The fourth-order valence-corrected chi connectivity index (χ4v) is 5.58. The third kappa shape index (κ3) is 8.32. The van der Waals surface area contributed by atoms with Crippen molar-refractivity contribution in [1.29, 1.82) is 0 Å². The number of thioether (sulfide) groups is 1. The molecule has 37 heavy (non-hydrogen) atoms. The molecule has 0 heterocycles. The van der Waals surface area contributed by atoms with Gasteiger partial charge in [-0.1, -0.05) is 89.0 Å². The van der Waals surface area contributed by atoms with Crippen molar-refractivity contribution in [2.75, 3.05) is 17.7 Å². The number of anilines is 1. The van der Waals surface area contributed by atoms with Gasteiger partial charge >= 0.3 is 0 Å². The first-order valence-electron chi connectivity index (χ1n) is 13.7. The zero-order valence-electron chi connectivity index (χ0n) is 22.1. The van der Waals surface area contributed by atoms with Gasteiger partial charge in [-0.3, -0.25) is 14.4 Å². The van der Waals surface area contributed by atoms with Gasteiger partial charge in [-0.05, 0) is 43.4 Å². The first-order chi connectivity index (χ1) is 18.1. The van der Waals surface area contributed by atoms with Crippen molar-refractivity contribution in [3.63, 3.8) is 0 Å². The van der Waals surface area contributed by atoms with Crippen LogP contribution in [0.25, 0.3) is 0 Å². The molecule has 1 N–H and O–H groups in total.